The van der Waals surface area contributed by atoms with Crippen molar-refractivity contribution in [1.29, 1.82) is 5.26 Å². The quantitative estimate of drug-likeness (QED) is 0.370. The van der Waals surface area contributed by atoms with Gasteiger partial charge in [-0.1, -0.05) is 41.1 Å². The Labute approximate surface area is 144 Å². The van der Waals surface area contributed by atoms with Crippen molar-refractivity contribution in [1.82, 2.24) is 0 Å². The molecule has 0 fully saturated rings. The zero-order chi connectivity index (χ0) is 16.8. The molecule has 0 saturated heterocycles. The van der Waals surface area contributed by atoms with Crippen molar-refractivity contribution < 1.29 is 9.53 Å². The first-order valence-electron chi connectivity index (χ1n) is 7.25. The molecule has 2 aromatic carbocycles. The van der Waals surface area contributed by atoms with Gasteiger partial charge in [-0.15, -0.1) is 0 Å². The third kappa shape index (κ3) is 4.11. The van der Waals surface area contributed by atoms with Crippen molar-refractivity contribution in [3.8, 4) is 11.8 Å². The number of anilines is 1. The Balaban J connectivity index is 2.26. The van der Waals surface area contributed by atoms with Crippen LogP contribution in [-0.2, 0) is 10.1 Å². The van der Waals surface area contributed by atoms with Gasteiger partial charge in [0, 0.05) is 16.6 Å². The van der Waals surface area contributed by atoms with Crippen LogP contribution >= 0.6 is 15.9 Å². The number of halogens is 1. The van der Waals surface area contributed by atoms with Crippen molar-refractivity contribution >= 4 is 27.6 Å². The van der Waals surface area contributed by atoms with Crippen LogP contribution in [0.2, 0.25) is 0 Å². The number of nitriles is 1. The molecule has 0 aliphatic rings. The average molecular weight is 373 g/mol. The highest BCUT2D eigenvalue weighted by molar-refractivity contribution is 9.08. The summed E-state index contributed by atoms with van der Waals surface area (Å²) in [4.78, 5) is 12.5. The highest BCUT2D eigenvalue weighted by Crippen LogP contribution is 2.27. The molecule has 0 heterocycles. The van der Waals surface area contributed by atoms with Crippen molar-refractivity contribution in [2.45, 2.75) is 24.6 Å². The number of hydrogen-bond acceptors (Lipinski definition) is 4. The minimum absolute atomic E-state index is 0.338. The minimum atomic E-state index is -0.371. The number of alkyl halides is 1. The van der Waals surface area contributed by atoms with E-state index in [9.17, 15) is 4.79 Å². The van der Waals surface area contributed by atoms with E-state index < -0.39 is 0 Å². The van der Waals surface area contributed by atoms with E-state index in [-0.39, 0.29) is 11.9 Å². The SMILES string of the molecule is CCC(C(=O)Oc1cc(C#N)ccc1CBr)c1ccc(N)cc1. The van der Waals surface area contributed by atoms with Crippen LogP contribution in [0.15, 0.2) is 42.5 Å². The van der Waals surface area contributed by atoms with Crippen molar-refractivity contribution in [3.05, 3.63) is 59.2 Å². The van der Waals surface area contributed by atoms with Gasteiger partial charge in [-0.2, -0.15) is 5.26 Å². The van der Waals surface area contributed by atoms with Crippen LogP contribution in [0.25, 0.3) is 0 Å². The molecule has 2 aromatic rings. The third-order valence-corrected chi connectivity index (χ3v) is 4.19. The normalized spacial score (nSPS) is 11.5. The summed E-state index contributed by atoms with van der Waals surface area (Å²) >= 11 is 3.36. The number of hydrogen-bond donors (Lipinski definition) is 1. The second-order valence-corrected chi connectivity index (χ2v) is 5.68. The predicted octanol–water partition coefficient (Wildman–Crippen LogP) is 4.13. The molecule has 0 spiro atoms. The number of rotatable bonds is 5. The van der Waals surface area contributed by atoms with Crippen molar-refractivity contribution in [3.63, 3.8) is 0 Å². The molecular weight excluding hydrogens is 356 g/mol. The van der Waals surface area contributed by atoms with Crippen LogP contribution in [0, 0.1) is 11.3 Å². The Morgan fingerprint density at radius 3 is 2.57 bits per heavy atom. The lowest BCUT2D eigenvalue weighted by Gasteiger charge is -2.16. The molecule has 0 saturated carbocycles. The fraction of sp³-hybridized carbons (Fsp3) is 0.222. The lowest BCUT2D eigenvalue weighted by molar-refractivity contribution is -0.136. The Morgan fingerprint density at radius 1 is 1.30 bits per heavy atom. The second kappa shape index (κ2) is 7.80. The molecule has 5 heteroatoms. The fourth-order valence-electron chi connectivity index (χ4n) is 2.28. The van der Waals surface area contributed by atoms with Crippen molar-refractivity contribution in [2.75, 3.05) is 5.73 Å². The molecule has 23 heavy (non-hydrogen) atoms. The zero-order valence-electron chi connectivity index (χ0n) is 12.8. The minimum Gasteiger partial charge on any atom is -0.426 e. The molecule has 4 nitrogen and oxygen atoms in total. The maximum atomic E-state index is 12.5. The fourth-order valence-corrected chi connectivity index (χ4v) is 2.74. The molecule has 0 aliphatic heterocycles. The van der Waals surface area contributed by atoms with E-state index in [0.717, 1.165) is 11.1 Å². The maximum Gasteiger partial charge on any atom is 0.318 e. The van der Waals surface area contributed by atoms with E-state index in [0.29, 0.717) is 28.8 Å². The van der Waals surface area contributed by atoms with Gasteiger partial charge in [0.15, 0.2) is 0 Å². The van der Waals surface area contributed by atoms with Gasteiger partial charge in [-0.05, 0) is 36.2 Å². The molecule has 0 aliphatic carbocycles. The van der Waals surface area contributed by atoms with E-state index in [1.54, 1.807) is 30.3 Å². The van der Waals surface area contributed by atoms with Gasteiger partial charge in [0.05, 0.1) is 17.6 Å². The number of carbonyl (C=O) groups excluding carboxylic acids is 1. The first-order chi connectivity index (χ1) is 11.1. The average Bonchev–Trinajstić information content (AvgIpc) is 2.57. The molecule has 0 bridgehead atoms. The van der Waals surface area contributed by atoms with E-state index in [4.69, 9.17) is 15.7 Å². The molecule has 118 valence electrons. The van der Waals surface area contributed by atoms with Crippen LogP contribution in [0.3, 0.4) is 0 Å². The van der Waals surface area contributed by atoms with Crippen LogP contribution < -0.4 is 10.5 Å². The summed E-state index contributed by atoms with van der Waals surface area (Å²) in [5.74, 6) is -0.293. The van der Waals surface area contributed by atoms with Gasteiger partial charge < -0.3 is 10.5 Å². The Kier molecular flexibility index (Phi) is 5.78. The smallest absolute Gasteiger partial charge is 0.318 e. The molecule has 1 unspecified atom stereocenters. The number of benzene rings is 2. The Bertz CT molecular complexity index is 736. The van der Waals surface area contributed by atoms with E-state index >= 15 is 0 Å². The monoisotopic (exact) mass is 372 g/mol. The number of esters is 1. The largest absolute Gasteiger partial charge is 0.426 e. The first kappa shape index (κ1) is 17.0. The molecule has 0 amide bonds. The van der Waals surface area contributed by atoms with Gasteiger partial charge >= 0.3 is 5.97 Å². The van der Waals surface area contributed by atoms with Gasteiger partial charge in [-0.25, -0.2) is 0 Å². The standard InChI is InChI=1S/C18H17BrN2O2/c1-2-16(13-5-7-15(21)8-6-13)18(22)23-17-9-12(11-20)3-4-14(17)10-19/h3-9,16H,2,10,21H2,1H3. The Morgan fingerprint density at radius 2 is 2.00 bits per heavy atom. The van der Waals surface area contributed by atoms with Crippen LogP contribution in [0.1, 0.15) is 36.0 Å². The molecular formula is C18H17BrN2O2. The van der Waals surface area contributed by atoms with Crippen molar-refractivity contribution in [2.24, 2.45) is 0 Å². The van der Waals surface area contributed by atoms with Gasteiger partial charge in [0.1, 0.15) is 5.75 Å². The van der Waals surface area contributed by atoms with Gasteiger partial charge in [-0.3, -0.25) is 4.79 Å². The summed E-state index contributed by atoms with van der Waals surface area (Å²) in [6, 6.07) is 14.3. The summed E-state index contributed by atoms with van der Waals surface area (Å²) in [5.41, 5.74) is 8.48. The summed E-state index contributed by atoms with van der Waals surface area (Å²) < 4.78 is 5.57. The summed E-state index contributed by atoms with van der Waals surface area (Å²) in [6.07, 6.45) is 0.615. The van der Waals surface area contributed by atoms with Gasteiger partial charge in [0.2, 0.25) is 0 Å². The van der Waals surface area contributed by atoms with E-state index in [1.165, 1.54) is 0 Å². The molecule has 0 aromatic heterocycles. The molecule has 2 rings (SSSR count). The lowest BCUT2D eigenvalue weighted by Crippen LogP contribution is -2.19. The number of nitrogen functional groups attached to an aromatic ring is 1. The molecule has 0 radical (unpaired) electrons. The Hall–Kier alpha value is -2.32. The third-order valence-electron chi connectivity index (χ3n) is 3.58. The second-order valence-electron chi connectivity index (χ2n) is 5.12. The summed E-state index contributed by atoms with van der Waals surface area (Å²) in [6.45, 7) is 1.93. The summed E-state index contributed by atoms with van der Waals surface area (Å²) in [7, 11) is 0. The number of nitrogens with zero attached hydrogens (tertiary/aromatic N) is 1. The van der Waals surface area contributed by atoms with Crippen LogP contribution in [0.5, 0.6) is 5.75 Å². The van der Waals surface area contributed by atoms with E-state index in [2.05, 4.69) is 22.0 Å². The van der Waals surface area contributed by atoms with Gasteiger partial charge in [0.25, 0.3) is 0 Å². The van der Waals surface area contributed by atoms with Crippen LogP contribution in [0.4, 0.5) is 5.69 Å². The highest BCUT2D eigenvalue weighted by Gasteiger charge is 2.22. The first-order valence-corrected chi connectivity index (χ1v) is 8.37. The van der Waals surface area contributed by atoms with Crippen LogP contribution in [-0.4, -0.2) is 5.97 Å². The lowest BCUT2D eigenvalue weighted by atomic mass is 9.96. The van der Waals surface area contributed by atoms with E-state index in [1.807, 2.05) is 19.1 Å². The topological polar surface area (TPSA) is 76.1 Å². The highest BCUT2D eigenvalue weighted by atomic mass is 79.9. The predicted molar refractivity (Wildman–Crippen MR) is 93.3 cm³/mol. The number of nitrogens with two attached hydrogens (primary N) is 1. The molecule has 2 N–H and O–H groups in total. The number of carbonyl (C=O) groups is 1. The number of ether oxygens (including phenoxy) is 1. The molecule has 1 atom stereocenters. The summed E-state index contributed by atoms with van der Waals surface area (Å²) in [5, 5.41) is 9.55. The maximum absolute atomic E-state index is 12.5. The zero-order valence-corrected chi connectivity index (χ0v) is 14.3.